The van der Waals surface area contributed by atoms with Crippen molar-refractivity contribution < 1.29 is 25.4 Å². The third-order valence-electron chi connectivity index (χ3n) is 6.47. The molecule has 5 aromatic rings. The molecule has 5 rings (SSSR count). The molecular formula is C32H24N2O6S2. The maximum atomic E-state index is 12.7. The highest BCUT2D eigenvalue weighted by Gasteiger charge is 2.18. The Morgan fingerprint density at radius 2 is 0.810 bits per heavy atom. The minimum atomic E-state index is -4.15. The van der Waals surface area contributed by atoms with E-state index in [1.807, 2.05) is 48.5 Å². The lowest BCUT2D eigenvalue weighted by atomic mass is 9.92. The van der Waals surface area contributed by atoms with Crippen molar-refractivity contribution in [3.63, 3.8) is 0 Å². The average molecular weight is 597 g/mol. The van der Waals surface area contributed by atoms with Crippen molar-refractivity contribution in [1.82, 2.24) is 0 Å². The molecule has 42 heavy (non-hydrogen) atoms. The van der Waals surface area contributed by atoms with Gasteiger partial charge in [0.15, 0.2) is 0 Å². The van der Waals surface area contributed by atoms with Gasteiger partial charge in [-0.25, -0.2) is 0 Å². The lowest BCUT2D eigenvalue weighted by molar-refractivity contribution is 0.340. The molecule has 210 valence electrons. The van der Waals surface area contributed by atoms with Crippen molar-refractivity contribution in [1.29, 1.82) is 0 Å². The molecule has 0 atom stereocenters. The first-order valence-electron chi connectivity index (χ1n) is 12.6. The summed E-state index contributed by atoms with van der Waals surface area (Å²) >= 11 is 0. The maximum absolute atomic E-state index is 12.7. The molecule has 0 bridgehead atoms. The van der Waals surface area contributed by atoms with Crippen molar-refractivity contribution in [2.75, 3.05) is 0 Å². The highest BCUT2D eigenvalue weighted by atomic mass is 32.2. The number of hydrogen-bond acceptors (Lipinski definition) is 8. The fourth-order valence-electron chi connectivity index (χ4n) is 4.36. The smallest absolute Gasteiger partial charge is 0.265 e. The predicted molar refractivity (Wildman–Crippen MR) is 166 cm³/mol. The first-order chi connectivity index (χ1) is 20.2. The van der Waals surface area contributed by atoms with Gasteiger partial charge in [0.1, 0.15) is 9.79 Å². The summed E-state index contributed by atoms with van der Waals surface area (Å²) in [6, 6.07) is 26.7. The maximum Gasteiger partial charge on any atom is 0.358 e. The minimum absolute atomic E-state index is 0.0434. The summed E-state index contributed by atoms with van der Waals surface area (Å²) in [5.74, 6) is 0. The lowest BCUT2D eigenvalue weighted by Crippen LogP contribution is -2.03. The molecule has 5 aromatic carbocycles. The van der Waals surface area contributed by atoms with E-state index in [2.05, 4.69) is 23.5 Å². The van der Waals surface area contributed by atoms with Gasteiger partial charge in [0, 0.05) is 11.1 Å². The van der Waals surface area contributed by atoms with Crippen molar-refractivity contribution in [2.24, 2.45) is 10.3 Å². The molecule has 0 aromatic heterocycles. The van der Waals surface area contributed by atoms with Crippen LogP contribution < -0.4 is 0 Å². The largest absolute Gasteiger partial charge is 0.358 e. The van der Waals surface area contributed by atoms with Crippen LogP contribution in [0.3, 0.4) is 0 Å². The van der Waals surface area contributed by atoms with Crippen LogP contribution in [0.4, 0.5) is 0 Å². The molecule has 0 unspecified atom stereocenters. The van der Waals surface area contributed by atoms with E-state index in [4.69, 9.17) is 8.57 Å². The van der Waals surface area contributed by atoms with Crippen LogP contribution in [0.2, 0.25) is 0 Å². The van der Waals surface area contributed by atoms with Gasteiger partial charge in [-0.1, -0.05) is 108 Å². The van der Waals surface area contributed by atoms with Crippen molar-refractivity contribution in [3.8, 4) is 0 Å². The Hall–Kier alpha value is -5.06. The minimum Gasteiger partial charge on any atom is -0.265 e. The van der Waals surface area contributed by atoms with Crippen LogP contribution >= 0.6 is 0 Å². The van der Waals surface area contributed by atoms with Crippen molar-refractivity contribution in [3.05, 3.63) is 132 Å². The Balaban J connectivity index is 1.50. The first-order valence-corrected chi connectivity index (χ1v) is 15.4. The second-order valence-corrected chi connectivity index (χ2v) is 12.0. The van der Waals surface area contributed by atoms with Crippen LogP contribution in [0.1, 0.15) is 22.3 Å². The van der Waals surface area contributed by atoms with E-state index < -0.39 is 20.2 Å². The molecule has 0 saturated carbocycles. The zero-order chi connectivity index (χ0) is 29.7. The molecule has 0 aliphatic rings. The van der Waals surface area contributed by atoms with E-state index in [1.54, 1.807) is 36.4 Å². The summed E-state index contributed by atoms with van der Waals surface area (Å²) in [4.78, 5) is -0.0868. The third kappa shape index (κ3) is 5.85. The van der Waals surface area contributed by atoms with Crippen LogP contribution in [0, 0.1) is 0 Å². The van der Waals surface area contributed by atoms with E-state index in [-0.39, 0.29) is 9.79 Å². The molecular weight excluding hydrogens is 572 g/mol. The molecule has 0 radical (unpaired) electrons. The van der Waals surface area contributed by atoms with Crippen molar-refractivity contribution >= 4 is 66.4 Å². The summed E-state index contributed by atoms with van der Waals surface area (Å²) < 4.78 is 60.7. The SMILES string of the molecule is C=Cc1ccc(S(=O)(=O)O/N=C/c2c3ccccc3c(/C=N/OS(=O)(=O)c3ccc(C=C)cc3)c3ccccc23)cc1. The van der Waals surface area contributed by atoms with Gasteiger partial charge in [-0.2, -0.15) is 16.8 Å². The third-order valence-corrected chi connectivity index (χ3v) is 8.73. The number of oxime groups is 2. The number of fused-ring (bicyclic) bond motifs is 2. The zero-order valence-electron chi connectivity index (χ0n) is 22.1. The number of nitrogens with zero attached hydrogens (tertiary/aromatic N) is 2. The van der Waals surface area contributed by atoms with E-state index >= 15 is 0 Å². The topological polar surface area (TPSA) is 111 Å². The Morgan fingerprint density at radius 3 is 1.10 bits per heavy atom. The second-order valence-electron chi connectivity index (χ2n) is 8.99. The number of benzene rings is 5. The Kier molecular flexibility index (Phi) is 8.01. The second kappa shape index (κ2) is 11.8. The number of rotatable bonds is 10. The normalized spacial score (nSPS) is 12.2. The van der Waals surface area contributed by atoms with Gasteiger partial charge in [-0.05, 0) is 56.9 Å². The van der Waals surface area contributed by atoms with Crippen LogP contribution in [0.15, 0.2) is 130 Å². The summed E-state index contributed by atoms with van der Waals surface area (Å²) in [6.07, 6.45) is 5.89. The van der Waals surface area contributed by atoms with E-state index in [0.29, 0.717) is 32.7 Å². The quantitative estimate of drug-likeness (QED) is 0.100. The molecule has 10 heteroatoms. The highest BCUT2D eigenvalue weighted by molar-refractivity contribution is 7.87. The fraction of sp³-hybridized carbons (Fsp3) is 0. The van der Waals surface area contributed by atoms with Gasteiger partial charge in [-0.15, -0.1) is 0 Å². The van der Waals surface area contributed by atoms with Gasteiger partial charge in [-0.3, -0.25) is 8.57 Å². The van der Waals surface area contributed by atoms with Gasteiger partial charge in [0.2, 0.25) is 0 Å². The Morgan fingerprint density at radius 1 is 0.500 bits per heavy atom. The van der Waals surface area contributed by atoms with Crippen LogP contribution in [0.5, 0.6) is 0 Å². The van der Waals surface area contributed by atoms with E-state index in [9.17, 15) is 16.8 Å². The van der Waals surface area contributed by atoms with Crippen LogP contribution in [-0.4, -0.2) is 29.3 Å². The van der Waals surface area contributed by atoms with E-state index in [0.717, 1.165) is 11.1 Å². The standard InChI is InChI=1S/C32H24N2O6S2/c1-3-23-13-17-25(18-14-23)41(35,36)39-33-21-31-27-9-5-7-11-29(27)32(30-12-8-6-10-28(30)31)22-34-40-42(37,38)26-19-15-24(4-2)16-20-26/h3-22H,1-2H2/b33-21+,34-22+. The molecule has 0 aliphatic carbocycles. The van der Waals surface area contributed by atoms with Crippen LogP contribution in [-0.2, 0) is 28.8 Å². The zero-order valence-corrected chi connectivity index (χ0v) is 23.8. The molecule has 0 N–H and O–H groups in total. The molecule has 0 fully saturated rings. The summed E-state index contributed by atoms with van der Waals surface area (Å²) in [5.41, 5.74) is 2.74. The van der Waals surface area contributed by atoms with Gasteiger partial charge >= 0.3 is 20.2 Å². The molecule has 0 spiro atoms. The lowest BCUT2D eigenvalue weighted by Gasteiger charge is -2.12. The summed E-state index contributed by atoms with van der Waals surface area (Å²) in [6.45, 7) is 7.32. The Labute approximate surface area is 243 Å². The summed E-state index contributed by atoms with van der Waals surface area (Å²) in [5, 5.41) is 10.5. The Bertz CT molecular complexity index is 1880. The monoisotopic (exact) mass is 596 g/mol. The predicted octanol–water partition coefficient (Wildman–Crippen LogP) is 6.76. The average Bonchev–Trinajstić information content (AvgIpc) is 3.02. The van der Waals surface area contributed by atoms with Gasteiger partial charge < -0.3 is 0 Å². The highest BCUT2D eigenvalue weighted by Crippen LogP contribution is 2.31. The molecule has 0 amide bonds. The fourth-order valence-corrected chi connectivity index (χ4v) is 5.79. The van der Waals surface area contributed by atoms with E-state index in [1.165, 1.54) is 36.7 Å². The van der Waals surface area contributed by atoms with Crippen molar-refractivity contribution in [2.45, 2.75) is 9.79 Å². The first kappa shape index (κ1) is 28.5. The van der Waals surface area contributed by atoms with Crippen LogP contribution in [0.25, 0.3) is 33.7 Å². The molecule has 8 nitrogen and oxygen atoms in total. The summed E-state index contributed by atoms with van der Waals surface area (Å²) in [7, 11) is -8.31. The molecule has 0 saturated heterocycles. The number of hydrogen-bond donors (Lipinski definition) is 0. The molecule has 0 heterocycles. The van der Waals surface area contributed by atoms with Gasteiger partial charge in [0.05, 0.1) is 12.4 Å². The molecule has 0 aliphatic heterocycles. The van der Waals surface area contributed by atoms with Gasteiger partial charge in [0.25, 0.3) is 0 Å².